The second-order valence-electron chi connectivity index (χ2n) is 5.07. The van der Waals surface area contributed by atoms with Crippen molar-refractivity contribution in [1.29, 1.82) is 0 Å². The summed E-state index contributed by atoms with van der Waals surface area (Å²) in [6.45, 7) is 4.13. The van der Waals surface area contributed by atoms with Gasteiger partial charge in [-0.05, 0) is 44.0 Å². The molecule has 2 rings (SSSR count). The second-order valence-corrected chi connectivity index (χ2v) is 5.07. The molecule has 112 valence electrons. The minimum absolute atomic E-state index is 0. The van der Waals surface area contributed by atoms with E-state index in [0.29, 0.717) is 13.2 Å². The molecule has 4 nitrogen and oxygen atoms in total. The average Bonchev–Trinajstić information content (AvgIpc) is 2.91. The summed E-state index contributed by atoms with van der Waals surface area (Å²) in [7, 11) is 1.84. The number of rotatable bonds is 5. The fourth-order valence-corrected chi connectivity index (χ4v) is 2.28. The van der Waals surface area contributed by atoms with Gasteiger partial charge in [0.1, 0.15) is 12.4 Å². The van der Waals surface area contributed by atoms with E-state index in [1.54, 1.807) is 4.90 Å². The Morgan fingerprint density at radius 3 is 2.95 bits per heavy atom. The van der Waals surface area contributed by atoms with Crippen molar-refractivity contribution in [3.63, 3.8) is 0 Å². The Balaban J connectivity index is 0.00000200. The van der Waals surface area contributed by atoms with E-state index < -0.39 is 0 Å². The fraction of sp³-hybridized carbons (Fsp3) is 0.533. The third kappa shape index (κ3) is 4.69. The molecule has 20 heavy (non-hydrogen) atoms. The molecule has 1 saturated heterocycles. The Morgan fingerprint density at radius 2 is 2.30 bits per heavy atom. The van der Waals surface area contributed by atoms with Crippen molar-refractivity contribution < 1.29 is 9.53 Å². The highest BCUT2D eigenvalue weighted by molar-refractivity contribution is 5.85. The number of nitrogens with one attached hydrogen (secondary N) is 1. The molecule has 0 unspecified atom stereocenters. The highest BCUT2D eigenvalue weighted by atomic mass is 35.5. The maximum Gasteiger partial charge on any atom is 0.239 e. The first kappa shape index (κ1) is 16.8. The fourth-order valence-electron chi connectivity index (χ4n) is 2.28. The van der Waals surface area contributed by atoms with Gasteiger partial charge in [-0.25, -0.2) is 0 Å². The van der Waals surface area contributed by atoms with Crippen molar-refractivity contribution in [1.82, 2.24) is 10.2 Å². The third-order valence-corrected chi connectivity index (χ3v) is 3.42. The lowest BCUT2D eigenvalue weighted by Crippen LogP contribution is -2.43. The number of benzene rings is 1. The quantitative estimate of drug-likeness (QED) is 0.904. The van der Waals surface area contributed by atoms with Crippen LogP contribution >= 0.6 is 12.4 Å². The van der Waals surface area contributed by atoms with Crippen LogP contribution < -0.4 is 10.1 Å². The zero-order chi connectivity index (χ0) is 13.7. The molecule has 1 aliphatic heterocycles. The van der Waals surface area contributed by atoms with E-state index in [2.05, 4.69) is 5.32 Å². The van der Waals surface area contributed by atoms with E-state index in [1.807, 2.05) is 38.2 Å². The Kier molecular flexibility index (Phi) is 6.82. The number of aryl methyl sites for hydroxylation is 1. The van der Waals surface area contributed by atoms with E-state index >= 15 is 0 Å². The van der Waals surface area contributed by atoms with Gasteiger partial charge in [0.15, 0.2) is 0 Å². The van der Waals surface area contributed by atoms with Gasteiger partial charge in [-0.1, -0.05) is 12.1 Å². The molecule has 1 heterocycles. The summed E-state index contributed by atoms with van der Waals surface area (Å²) in [6, 6.07) is 7.95. The van der Waals surface area contributed by atoms with Crippen LogP contribution in [0.5, 0.6) is 5.75 Å². The van der Waals surface area contributed by atoms with Gasteiger partial charge in [-0.15, -0.1) is 12.4 Å². The largest absolute Gasteiger partial charge is 0.492 e. The zero-order valence-electron chi connectivity index (χ0n) is 12.1. The molecule has 0 bridgehead atoms. The average molecular weight is 299 g/mol. The number of hydrogen-bond acceptors (Lipinski definition) is 3. The van der Waals surface area contributed by atoms with Gasteiger partial charge in [-0.3, -0.25) is 4.79 Å². The van der Waals surface area contributed by atoms with E-state index in [0.717, 1.165) is 25.1 Å². The molecule has 0 radical (unpaired) electrons. The van der Waals surface area contributed by atoms with E-state index in [1.165, 1.54) is 5.56 Å². The molecule has 0 spiro atoms. The number of halogens is 1. The first-order valence-corrected chi connectivity index (χ1v) is 6.84. The Morgan fingerprint density at radius 1 is 1.50 bits per heavy atom. The number of amides is 1. The molecule has 1 N–H and O–H groups in total. The van der Waals surface area contributed by atoms with Gasteiger partial charge < -0.3 is 15.0 Å². The van der Waals surface area contributed by atoms with Crippen LogP contribution in [0.3, 0.4) is 0 Å². The number of ether oxygens (including phenoxy) is 1. The molecule has 1 amide bonds. The standard InChI is InChI=1S/C15H22N2O2.ClH/c1-12-5-3-6-13(11-12)19-10-9-17(2)15(18)14-7-4-8-16-14;/h3,5-6,11,14,16H,4,7-10H2,1-2H3;1H/t14-;/m0./s1. The van der Waals surface area contributed by atoms with Crippen molar-refractivity contribution in [2.24, 2.45) is 0 Å². The molecule has 1 fully saturated rings. The lowest BCUT2D eigenvalue weighted by Gasteiger charge is -2.21. The maximum atomic E-state index is 12.0. The van der Waals surface area contributed by atoms with E-state index in [9.17, 15) is 4.79 Å². The summed E-state index contributed by atoms with van der Waals surface area (Å²) >= 11 is 0. The minimum atomic E-state index is 0. The molecule has 0 aromatic heterocycles. The highest BCUT2D eigenvalue weighted by Crippen LogP contribution is 2.12. The molecule has 0 aliphatic carbocycles. The monoisotopic (exact) mass is 298 g/mol. The van der Waals surface area contributed by atoms with Crippen LogP contribution in [-0.4, -0.2) is 43.6 Å². The first-order valence-electron chi connectivity index (χ1n) is 6.84. The smallest absolute Gasteiger partial charge is 0.239 e. The van der Waals surface area contributed by atoms with Crippen molar-refractivity contribution in [3.05, 3.63) is 29.8 Å². The van der Waals surface area contributed by atoms with Crippen LogP contribution in [0.1, 0.15) is 18.4 Å². The molecule has 0 saturated carbocycles. The van der Waals surface area contributed by atoms with Crippen LogP contribution in [0.25, 0.3) is 0 Å². The SMILES string of the molecule is Cc1cccc(OCCN(C)C(=O)[C@@H]2CCCN2)c1.Cl. The number of hydrogen-bond donors (Lipinski definition) is 1. The van der Waals surface area contributed by atoms with Crippen molar-refractivity contribution >= 4 is 18.3 Å². The molecular formula is C15H23ClN2O2. The summed E-state index contributed by atoms with van der Waals surface area (Å²) in [4.78, 5) is 13.8. The van der Waals surface area contributed by atoms with Crippen LogP contribution in [0, 0.1) is 6.92 Å². The summed E-state index contributed by atoms with van der Waals surface area (Å²) in [5, 5.41) is 3.22. The molecule has 1 aromatic carbocycles. The lowest BCUT2D eigenvalue weighted by atomic mass is 10.2. The summed E-state index contributed by atoms with van der Waals surface area (Å²) < 4.78 is 5.66. The van der Waals surface area contributed by atoms with E-state index in [4.69, 9.17) is 4.74 Å². The Hall–Kier alpha value is -1.26. The predicted molar refractivity (Wildman–Crippen MR) is 82.6 cm³/mol. The van der Waals surface area contributed by atoms with Gasteiger partial charge in [0.05, 0.1) is 12.6 Å². The number of carbonyl (C=O) groups is 1. The molecular weight excluding hydrogens is 276 g/mol. The lowest BCUT2D eigenvalue weighted by molar-refractivity contribution is -0.132. The van der Waals surface area contributed by atoms with E-state index in [-0.39, 0.29) is 24.4 Å². The number of likely N-dealkylation sites (N-methyl/N-ethyl adjacent to an activating group) is 1. The zero-order valence-corrected chi connectivity index (χ0v) is 12.9. The van der Waals surface area contributed by atoms with Gasteiger partial charge in [0.2, 0.25) is 5.91 Å². The molecule has 1 aliphatic rings. The van der Waals surface area contributed by atoms with Gasteiger partial charge in [0.25, 0.3) is 0 Å². The van der Waals surface area contributed by atoms with Gasteiger partial charge in [0, 0.05) is 7.05 Å². The van der Waals surface area contributed by atoms with Gasteiger partial charge >= 0.3 is 0 Å². The Labute approximate surface area is 126 Å². The number of carbonyl (C=O) groups excluding carboxylic acids is 1. The molecule has 5 heteroatoms. The van der Waals surface area contributed by atoms with Crippen LogP contribution in [0.4, 0.5) is 0 Å². The van der Waals surface area contributed by atoms with Crippen molar-refractivity contribution in [2.75, 3.05) is 26.7 Å². The van der Waals surface area contributed by atoms with Crippen molar-refractivity contribution in [2.45, 2.75) is 25.8 Å². The summed E-state index contributed by atoms with van der Waals surface area (Å²) in [5.41, 5.74) is 1.18. The van der Waals surface area contributed by atoms with Crippen LogP contribution in [-0.2, 0) is 4.79 Å². The predicted octanol–water partition coefficient (Wildman–Crippen LogP) is 2.01. The third-order valence-electron chi connectivity index (χ3n) is 3.42. The first-order chi connectivity index (χ1) is 9.16. The molecule has 1 aromatic rings. The van der Waals surface area contributed by atoms with Gasteiger partial charge in [-0.2, -0.15) is 0 Å². The maximum absolute atomic E-state index is 12.0. The summed E-state index contributed by atoms with van der Waals surface area (Å²) in [5.74, 6) is 1.03. The van der Waals surface area contributed by atoms with Crippen LogP contribution in [0.2, 0.25) is 0 Å². The normalized spacial score (nSPS) is 17.4. The topological polar surface area (TPSA) is 41.6 Å². The van der Waals surface area contributed by atoms with Crippen LogP contribution in [0.15, 0.2) is 24.3 Å². The number of nitrogens with zero attached hydrogens (tertiary/aromatic N) is 1. The molecule has 1 atom stereocenters. The minimum Gasteiger partial charge on any atom is -0.492 e. The van der Waals surface area contributed by atoms with Crippen molar-refractivity contribution in [3.8, 4) is 5.75 Å². The summed E-state index contributed by atoms with van der Waals surface area (Å²) in [6.07, 6.45) is 2.03. The Bertz CT molecular complexity index is 434. The second kappa shape index (κ2) is 8.12. The highest BCUT2D eigenvalue weighted by Gasteiger charge is 2.24.